The molecule has 0 saturated carbocycles. The average molecular weight is 262 g/mol. The molecule has 1 aliphatic heterocycles. The van der Waals surface area contributed by atoms with Crippen molar-refractivity contribution >= 4 is 21.7 Å². The highest BCUT2D eigenvalue weighted by atomic mass is 32.2. The Balaban J connectivity index is 2.61. The summed E-state index contributed by atoms with van der Waals surface area (Å²) in [4.78, 5) is 24.0. The Morgan fingerprint density at radius 3 is 2.59 bits per heavy atom. The van der Waals surface area contributed by atoms with E-state index in [0.29, 0.717) is 12.8 Å². The number of hydrogen-bond acceptors (Lipinski definition) is 5. The van der Waals surface area contributed by atoms with E-state index in [1.54, 1.807) is 6.92 Å². The van der Waals surface area contributed by atoms with E-state index in [-0.39, 0.29) is 30.4 Å². The van der Waals surface area contributed by atoms with Gasteiger partial charge in [0, 0.05) is 18.7 Å². The fourth-order valence-corrected chi connectivity index (χ4v) is 3.03. The number of imide groups is 1. The Morgan fingerprint density at radius 1 is 1.35 bits per heavy atom. The first-order valence-corrected chi connectivity index (χ1v) is 7.49. The molecule has 0 spiro atoms. The number of piperidine rings is 1. The van der Waals surface area contributed by atoms with Crippen LogP contribution >= 0.6 is 0 Å². The minimum Gasteiger partial charge on any atom is -0.320 e. The first kappa shape index (κ1) is 14.1. The maximum absolute atomic E-state index is 11.6. The number of amides is 2. The predicted molar refractivity (Wildman–Crippen MR) is 62.9 cm³/mol. The van der Waals surface area contributed by atoms with Gasteiger partial charge in [0.2, 0.25) is 11.8 Å². The fraction of sp³-hybridized carbons (Fsp3) is 0.800. The van der Waals surface area contributed by atoms with Crippen LogP contribution in [-0.4, -0.2) is 49.2 Å². The normalized spacial score (nSPS) is 22.0. The maximum Gasteiger partial charge on any atom is 0.246 e. The highest BCUT2D eigenvalue weighted by Crippen LogP contribution is 2.11. The lowest BCUT2D eigenvalue weighted by Gasteiger charge is -2.28. The molecule has 0 aromatic rings. The van der Waals surface area contributed by atoms with E-state index >= 15 is 0 Å². The number of hydrogen-bond donors (Lipinski definition) is 1. The minimum atomic E-state index is -3.18. The standard InChI is InChI=1S/C10H18N2O4S/c1-2-6-17(15,16)7-5-12-9(13)4-3-8(11)10(12)14/h8H,2-7,11H2,1H3. The molecule has 0 aliphatic carbocycles. The van der Waals surface area contributed by atoms with Gasteiger partial charge in [-0.15, -0.1) is 0 Å². The van der Waals surface area contributed by atoms with Crippen LogP contribution in [-0.2, 0) is 19.4 Å². The van der Waals surface area contributed by atoms with Crippen molar-refractivity contribution < 1.29 is 18.0 Å². The van der Waals surface area contributed by atoms with Gasteiger partial charge < -0.3 is 5.73 Å². The molecule has 1 atom stereocenters. The van der Waals surface area contributed by atoms with Crippen LogP contribution in [0.25, 0.3) is 0 Å². The molecule has 98 valence electrons. The van der Waals surface area contributed by atoms with Gasteiger partial charge in [-0.3, -0.25) is 14.5 Å². The van der Waals surface area contributed by atoms with Crippen molar-refractivity contribution in [2.24, 2.45) is 5.73 Å². The molecule has 6 nitrogen and oxygen atoms in total. The van der Waals surface area contributed by atoms with Gasteiger partial charge in [-0.25, -0.2) is 8.42 Å². The van der Waals surface area contributed by atoms with Crippen LogP contribution in [0.4, 0.5) is 0 Å². The van der Waals surface area contributed by atoms with E-state index in [0.717, 1.165) is 4.90 Å². The summed E-state index contributed by atoms with van der Waals surface area (Å²) in [6, 6.07) is -0.679. The highest BCUT2D eigenvalue weighted by Gasteiger charge is 2.32. The number of rotatable bonds is 5. The Kier molecular flexibility index (Phi) is 4.64. The van der Waals surface area contributed by atoms with Crippen molar-refractivity contribution in [1.29, 1.82) is 0 Å². The van der Waals surface area contributed by atoms with Crippen LogP contribution in [0.5, 0.6) is 0 Å². The van der Waals surface area contributed by atoms with Gasteiger partial charge in [0.05, 0.1) is 11.8 Å². The molecular weight excluding hydrogens is 244 g/mol. The van der Waals surface area contributed by atoms with Crippen LogP contribution in [0, 0.1) is 0 Å². The van der Waals surface area contributed by atoms with E-state index in [2.05, 4.69) is 0 Å². The Morgan fingerprint density at radius 2 is 2.00 bits per heavy atom. The number of sulfone groups is 1. The minimum absolute atomic E-state index is 0.0757. The van der Waals surface area contributed by atoms with E-state index in [1.165, 1.54) is 0 Å². The molecule has 2 N–H and O–H groups in total. The smallest absolute Gasteiger partial charge is 0.246 e. The Labute approximate surface area is 101 Å². The van der Waals surface area contributed by atoms with Crippen LogP contribution in [0.1, 0.15) is 26.2 Å². The number of nitrogens with zero attached hydrogens (tertiary/aromatic N) is 1. The first-order valence-electron chi connectivity index (χ1n) is 5.67. The van der Waals surface area contributed by atoms with E-state index in [9.17, 15) is 18.0 Å². The monoisotopic (exact) mass is 262 g/mol. The van der Waals surface area contributed by atoms with Gasteiger partial charge in [-0.1, -0.05) is 6.92 Å². The second-order valence-corrected chi connectivity index (χ2v) is 6.48. The number of likely N-dealkylation sites (tertiary alicyclic amines) is 1. The summed E-state index contributed by atoms with van der Waals surface area (Å²) in [5, 5.41) is 0. The summed E-state index contributed by atoms with van der Waals surface area (Å²) in [5.74, 6) is -0.892. The molecular formula is C10H18N2O4S. The zero-order valence-corrected chi connectivity index (χ0v) is 10.7. The number of carbonyl (C=O) groups is 2. The Bertz CT molecular complexity index is 405. The largest absolute Gasteiger partial charge is 0.320 e. The van der Waals surface area contributed by atoms with Crippen molar-refractivity contribution in [3.63, 3.8) is 0 Å². The molecule has 7 heteroatoms. The zero-order chi connectivity index (χ0) is 13.1. The molecule has 1 fully saturated rings. The van der Waals surface area contributed by atoms with Crippen molar-refractivity contribution in [2.75, 3.05) is 18.1 Å². The van der Waals surface area contributed by atoms with Gasteiger partial charge in [-0.05, 0) is 12.8 Å². The van der Waals surface area contributed by atoms with Crippen molar-refractivity contribution in [2.45, 2.75) is 32.2 Å². The van der Waals surface area contributed by atoms with E-state index < -0.39 is 21.8 Å². The maximum atomic E-state index is 11.6. The van der Waals surface area contributed by atoms with Crippen LogP contribution in [0.15, 0.2) is 0 Å². The summed E-state index contributed by atoms with van der Waals surface area (Å²) < 4.78 is 23.0. The topological polar surface area (TPSA) is 97.5 Å². The van der Waals surface area contributed by atoms with Crippen LogP contribution in [0.3, 0.4) is 0 Å². The van der Waals surface area contributed by atoms with E-state index in [4.69, 9.17) is 5.73 Å². The molecule has 17 heavy (non-hydrogen) atoms. The molecule has 1 aliphatic rings. The molecule has 1 heterocycles. The highest BCUT2D eigenvalue weighted by molar-refractivity contribution is 7.91. The molecule has 2 amide bonds. The van der Waals surface area contributed by atoms with Crippen molar-refractivity contribution in [3.05, 3.63) is 0 Å². The van der Waals surface area contributed by atoms with Crippen LogP contribution < -0.4 is 5.73 Å². The third-order valence-electron chi connectivity index (χ3n) is 2.69. The van der Waals surface area contributed by atoms with Gasteiger partial charge >= 0.3 is 0 Å². The van der Waals surface area contributed by atoms with Crippen LogP contribution in [0.2, 0.25) is 0 Å². The SMILES string of the molecule is CCCS(=O)(=O)CCN1C(=O)CCC(N)C1=O. The lowest BCUT2D eigenvalue weighted by molar-refractivity contribution is -0.148. The van der Waals surface area contributed by atoms with Gasteiger partial charge in [0.15, 0.2) is 9.84 Å². The summed E-state index contributed by atoms with van der Waals surface area (Å²) in [6.07, 6.45) is 1.08. The molecule has 0 aromatic heterocycles. The first-order chi connectivity index (χ1) is 7.87. The molecule has 1 rings (SSSR count). The lowest BCUT2D eigenvalue weighted by atomic mass is 10.1. The fourth-order valence-electron chi connectivity index (χ4n) is 1.74. The summed E-state index contributed by atoms with van der Waals surface area (Å²) in [7, 11) is -3.18. The van der Waals surface area contributed by atoms with Gasteiger partial charge in [0.25, 0.3) is 0 Å². The molecule has 0 radical (unpaired) electrons. The third-order valence-corrected chi connectivity index (χ3v) is 4.53. The molecule has 0 bridgehead atoms. The summed E-state index contributed by atoms with van der Waals surface area (Å²) >= 11 is 0. The molecule has 1 saturated heterocycles. The van der Waals surface area contributed by atoms with Gasteiger partial charge in [0.1, 0.15) is 0 Å². The van der Waals surface area contributed by atoms with E-state index in [1.807, 2.05) is 0 Å². The average Bonchev–Trinajstić information content (AvgIpc) is 2.23. The predicted octanol–water partition coefficient (Wildman–Crippen LogP) is -0.712. The van der Waals surface area contributed by atoms with Crippen molar-refractivity contribution in [3.8, 4) is 0 Å². The lowest BCUT2D eigenvalue weighted by Crippen LogP contribution is -2.52. The molecule has 0 aromatic carbocycles. The Hall–Kier alpha value is -0.950. The second-order valence-electron chi connectivity index (χ2n) is 4.18. The summed E-state index contributed by atoms with van der Waals surface area (Å²) in [6.45, 7) is 1.69. The number of nitrogens with two attached hydrogens (primary N) is 1. The molecule has 1 unspecified atom stereocenters. The summed E-state index contributed by atoms with van der Waals surface area (Å²) in [5.41, 5.74) is 5.54. The van der Waals surface area contributed by atoms with Crippen molar-refractivity contribution in [1.82, 2.24) is 4.90 Å². The number of carbonyl (C=O) groups excluding carboxylic acids is 2. The second kappa shape index (κ2) is 5.59. The third kappa shape index (κ3) is 3.78. The van der Waals surface area contributed by atoms with Gasteiger partial charge in [-0.2, -0.15) is 0 Å². The quantitative estimate of drug-likeness (QED) is 0.660. The zero-order valence-electron chi connectivity index (χ0n) is 9.89.